The number of hydrogen-bond donors (Lipinski definition) is 2. The number of nitrogens with one attached hydrogen (secondary N) is 2. The molecule has 0 radical (unpaired) electrons. The summed E-state index contributed by atoms with van der Waals surface area (Å²) in [6, 6.07) is 0. The molecular weight excluding hydrogens is 112 g/mol. The zero-order valence-corrected chi connectivity index (χ0v) is 6.33. The van der Waals surface area contributed by atoms with Gasteiger partial charge in [0.15, 0.2) is 0 Å². The van der Waals surface area contributed by atoms with Crippen molar-refractivity contribution >= 4 is 0 Å². The first-order valence-corrected chi connectivity index (χ1v) is 3.52. The molecule has 9 heavy (non-hydrogen) atoms. The Morgan fingerprint density at radius 3 is 2.22 bits per heavy atom. The van der Waals surface area contributed by atoms with Gasteiger partial charge in [0.1, 0.15) is 0 Å². The van der Waals surface area contributed by atoms with E-state index >= 15 is 0 Å². The average Bonchev–Trinajstić information content (AvgIpc) is 1.94. The Balaban J connectivity index is 0.000000291. The van der Waals surface area contributed by atoms with Crippen molar-refractivity contribution in [3.8, 4) is 0 Å². The van der Waals surface area contributed by atoms with Crippen LogP contribution in [0.4, 0.5) is 0 Å². The van der Waals surface area contributed by atoms with Crippen LogP contribution in [0.3, 0.4) is 0 Å². The van der Waals surface area contributed by atoms with Crippen molar-refractivity contribution in [2.45, 2.75) is 13.8 Å². The van der Waals surface area contributed by atoms with Gasteiger partial charge in [0, 0.05) is 25.3 Å². The molecule has 0 amide bonds. The van der Waals surface area contributed by atoms with Gasteiger partial charge in [0.2, 0.25) is 0 Å². The lowest BCUT2D eigenvalue weighted by atomic mass is 10.4. The Bertz CT molecular complexity index is 71.0. The Hall–Kier alpha value is -0.500. The molecule has 1 saturated heterocycles. The predicted octanol–water partition coefficient (Wildman–Crippen LogP) is 0.719. The molecule has 0 spiro atoms. The maximum Gasteiger partial charge on any atom is 0.0348 e. The van der Waals surface area contributed by atoms with E-state index in [1.807, 2.05) is 13.8 Å². The Morgan fingerprint density at radius 2 is 2.00 bits per heavy atom. The van der Waals surface area contributed by atoms with E-state index in [4.69, 9.17) is 0 Å². The SMILES string of the molecule is C=C1CNCCN1.CC. The van der Waals surface area contributed by atoms with Crippen molar-refractivity contribution in [1.29, 1.82) is 0 Å². The number of hydrogen-bond acceptors (Lipinski definition) is 2. The van der Waals surface area contributed by atoms with Gasteiger partial charge in [0.05, 0.1) is 0 Å². The van der Waals surface area contributed by atoms with Crippen molar-refractivity contribution in [3.63, 3.8) is 0 Å². The van der Waals surface area contributed by atoms with Gasteiger partial charge in [-0.15, -0.1) is 0 Å². The lowest BCUT2D eigenvalue weighted by Gasteiger charge is -2.15. The minimum atomic E-state index is 0.931. The Morgan fingerprint density at radius 1 is 1.33 bits per heavy atom. The van der Waals surface area contributed by atoms with Gasteiger partial charge in [-0.3, -0.25) is 0 Å². The highest BCUT2D eigenvalue weighted by Crippen LogP contribution is 1.82. The van der Waals surface area contributed by atoms with E-state index in [0.717, 1.165) is 25.3 Å². The summed E-state index contributed by atoms with van der Waals surface area (Å²) in [4.78, 5) is 0. The quantitative estimate of drug-likeness (QED) is 0.502. The van der Waals surface area contributed by atoms with Crippen LogP contribution in [0, 0.1) is 0 Å². The fraction of sp³-hybridized carbons (Fsp3) is 0.714. The van der Waals surface area contributed by atoms with Gasteiger partial charge < -0.3 is 10.6 Å². The van der Waals surface area contributed by atoms with Gasteiger partial charge >= 0.3 is 0 Å². The van der Waals surface area contributed by atoms with Crippen LogP contribution in [-0.2, 0) is 0 Å². The number of rotatable bonds is 0. The summed E-state index contributed by atoms with van der Waals surface area (Å²) in [6.45, 7) is 10.8. The molecule has 0 bridgehead atoms. The third-order valence-electron chi connectivity index (χ3n) is 1.02. The molecule has 0 aromatic rings. The van der Waals surface area contributed by atoms with E-state index in [0.29, 0.717) is 0 Å². The van der Waals surface area contributed by atoms with Gasteiger partial charge in [0.25, 0.3) is 0 Å². The van der Waals surface area contributed by atoms with Crippen molar-refractivity contribution in [2.24, 2.45) is 0 Å². The molecule has 0 unspecified atom stereocenters. The molecular formula is C7H16N2. The summed E-state index contributed by atoms with van der Waals surface area (Å²) in [5.41, 5.74) is 1.10. The topological polar surface area (TPSA) is 24.1 Å². The van der Waals surface area contributed by atoms with Crippen LogP contribution in [0.15, 0.2) is 12.3 Å². The monoisotopic (exact) mass is 128 g/mol. The first-order chi connectivity index (χ1) is 4.39. The standard InChI is InChI=1S/C5H10N2.C2H6/c1-5-4-6-2-3-7-5;1-2/h6-7H,1-4H2;1-2H3. The summed E-state index contributed by atoms with van der Waals surface area (Å²) in [5, 5.41) is 6.30. The van der Waals surface area contributed by atoms with E-state index in [9.17, 15) is 0 Å². The molecule has 0 aromatic carbocycles. The van der Waals surface area contributed by atoms with E-state index in [1.54, 1.807) is 0 Å². The van der Waals surface area contributed by atoms with E-state index < -0.39 is 0 Å². The summed E-state index contributed by atoms with van der Waals surface area (Å²) < 4.78 is 0. The molecule has 1 aliphatic heterocycles. The molecule has 1 aliphatic rings. The molecule has 0 aromatic heterocycles. The highest BCUT2D eigenvalue weighted by Gasteiger charge is 1.96. The van der Waals surface area contributed by atoms with Crippen molar-refractivity contribution in [1.82, 2.24) is 10.6 Å². The van der Waals surface area contributed by atoms with Crippen LogP contribution >= 0.6 is 0 Å². The van der Waals surface area contributed by atoms with Crippen LogP contribution in [0.1, 0.15) is 13.8 Å². The van der Waals surface area contributed by atoms with Crippen LogP contribution in [0.5, 0.6) is 0 Å². The Kier molecular flexibility index (Phi) is 5.32. The molecule has 2 N–H and O–H groups in total. The molecule has 0 aliphatic carbocycles. The lowest BCUT2D eigenvalue weighted by molar-refractivity contribution is 0.600. The molecule has 0 saturated carbocycles. The number of piperazine rings is 1. The zero-order chi connectivity index (χ0) is 7.11. The minimum absolute atomic E-state index is 0.931. The second-order valence-electron chi connectivity index (χ2n) is 1.71. The first-order valence-electron chi connectivity index (χ1n) is 3.52. The second-order valence-corrected chi connectivity index (χ2v) is 1.71. The van der Waals surface area contributed by atoms with Crippen LogP contribution in [0.2, 0.25) is 0 Å². The summed E-state index contributed by atoms with van der Waals surface area (Å²) in [7, 11) is 0. The summed E-state index contributed by atoms with van der Waals surface area (Å²) in [5.74, 6) is 0. The first kappa shape index (κ1) is 8.50. The molecule has 1 fully saturated rings. The summed E-state index contributed by atoms with van der Waals surface area (Å²) >= 11 is 0. The maximum atomic E-state index is 3.74. The van der Waals surface area contributed by atoms with Gasteiger partial charge in [-0.25, -0.2) is 0 Å². The van der Waals surface area contributed by atoms with Gasteiger partial charge in [-0.2, -0.15) is 0 Å². The third-order valence-corrected chi connectivity index (χ3v) is 1.02. The predicted molar refractivity (Wildman–Crippen MR) is 41.4 cm³/mol. The van der Waals surface area contributed by atoms with Gasteiger partial charge in [-0.05, 0) is 0 Å². The highest BCUT2D eigenvalue weighted by molar-refractivity contribution is 4.96. The molecule has 54 valence electrons. The van der Waals surface area contributed by atoms with Gasteiger partial charge in [-0.1, -0.05) is 20.4 Å². The molecule has 2 heteroatoms. The fourth-order valence-corrected chi connectivity index (χ4v) is 0.629. The fourth-order valence-electron chi connectivity index (χ4n) is 0.629. The highest BCUT2D eigenvalue weighted by atomic mass is 15.0. The van der Waals surface area contributed by atoms with Crippen molar-refractivity contribution in [2.75, 3.05) is 19.6 Å². The molecule has 1 heterocycles. The van der Waals surface area contributed by atoms with E-state index in [1.165, 1.54) is 0 Å². The van der Waals surface area contributed by atoms with E-state index in [2.05, 4.69) is 17.2 Å². The molecule has 2 nitrogen and oxygen atoms in total. The van der Waals surface area contributed by atoms with E-state index in [-0.39, 0.29) is 0 Å². The largest absolute Gasteiger partial charge is 0.386 e. The zero-order valence-electron chi connectivity index (χ0n) is 6.33. The summed E-state index contributed by atoms with van der Waals surface area (Å²) in [6.07, 6.45) is 0. The minimum Gasteiger partial charge on any atom is -0.386 e. The molecule has 1 rings (SSSR count). The van der Waals surface area contributed by atoms with Crippen LogP contribution in [0.25, 0.3) is 0 Å². The van der Waals surface area contributed by atoms with Crippen LogP contribution < -0.4 is 10.6 Å². The van der Waals surface area contributed by atoms with Crippen LogP contribution in [-0.4, -0.2) is 19.6 Å². The lowest BCUT2D eigenvalue weighted by Crippen LogP contribution is -2.37. The average molecular weight is 128 g/mol. The second kappa shape index (κ2) is 5.63. The maximum absolute atomic E-state index is 3.74. The van der Waals surface area contributed by atoms with Crippen molar-refractivity contribution in [3.05, 3.63) is 12.3 Å². The Labute approximate surface area is 57.3 Å². The smallest absolute Gasteiger partial charge is 0.0348 e. The third kappa shape index (κ3) is 4.03. The molecule has 0 atom stereocenters. The van der Waals surface area contributed by atoms with Crippen molar-refractivity contribution < 1.29 is 0 Å². The normalized spacial score (nSPS) is 17.3.